The molecule has 9 heteroatoms. The van der Waals surface area contributed by atoms with Gasteiger partial charge in [-0.15, -0.1) is 0 Å². The van der Waals surface area contributed by atoms with Gasteiger partial charge < -0.3 is 15.0 Å². The number of nitrogens with zero attached hydrogens (tertiary/aromatic N) is 2. The number of imidazole rings is 1. The van der Waals surface area contributed by atoms with Gasteiger partial charge >= 0.3 is 6.18 Å². The third kappa shape index (κ3) is 3.86. The first-order valence-corrected chi connectivity index (χ1v) is 8.48. The first-order chi connectivity index (χ1) is 13.4. The number of alkyl halides is 3. The highest BCUT2D eigenvalue weighted by molar-refractivity contribution is 6.32. The molecule has 0 fully saturated rings. The van der Waals surface area contributed by atoms with Crippen LogP contribution < -0.4 is 10.1 Å². The number of fused-ring (bicyclic) bond motifs is 1. The quantitative estimate of drug-likeness (QED) is 0.427. The summed E-state index contributed by atoms with van der Waals surface area (Å²) in [4.78, 5) is 11.0. The van der Waals surface area contributed by atoms with Crippen molar-refractivity contribution in [2.75, 3.05) is 5.32 Å². The summed E-state index contributed by atoms with van der Waals surface area (Å²) in [7, 11) is 0. The van der Waals surface area contributed by atoms with E-state index in [1.54, 1.807) is 48.8 Å². The highest BCUT2D eigenvalue weighted by atomic mass is 35.5. The lowest BCUT2D eigenvalue weighted by molar-refractivity contribution is -0.137. The van der Waals surface area contributed by atoms with E-state index in [2.05, 4.69) is 20.3 Å². The SMILES string of the molecule is FC(F)(F)c1cc2[nH]c(Nc3ccc(Oc4ccncc4)cc3)nc2cc1Cl. The number of aromatic amines is 1. The molecule has 2 aromatic carbocycles. The zero-order valence-corrected chi connectivity index (χ0v) is 14.8. The van der Waals surface area contributed by atoms with Gasteiger partial charge in [-0.3, -0.25) is 4.98 Å². The maximum Gasteiger partial charge on any atom is 0.417 e. The van der Waals surface area contributed by atoms with Crippen LogP contribution in [0.2, 0.25) is 5.02 Å². The van der Waals surface area contributed by atoms with E-state index in [0.29, 0.717) is 28.7 Å². The molecule has 0 spiro atoms. The fraction of sp³-hybridized carbons (Fsp3) is 0.0526. The number of ether oxygens (including phenoxy) is 1. The van der Waals surface area contributed by atoms with Crippen molar-refractivity contribution in [1.29, 1.82) is 0 Å². The lowest BCUT2D eigenvalue weighted by atomic mass is 10.2. The minimum Gasteiger partial charge on any atom is -0.457 e. The molecule has 0 unspecified atom stereocenters. The lowest BCUT2D eigenvalue weighted by Gasteiger charge is -2.08. The average molecular weight is 405 g/mol. The number of nitrogens with one attached hydrogen (secondary N) is 2. The van der Waals surface area contributed by atoms with Crippen LogP contribution in [0.4, 0.5) is 24.8 Å². The van der Waals surface area contributed by atoms with Crippen molar-refractivity contribution >= 4 is 34.3 Å². The molecule has 0 amide bonds. The van der Waals surface area contributed by atoms with E-state index in [4.69, 9.17) is 16.3 Å². The molecule has 4 rings (SSSR count). The Morgan fingerprint density at radius 2 is 1.64 bits per heavy atom. The number of H-pyrrole nitrogens is 1. The second kappa shape index (κ2) is 7.05. The number of halogens is 4. The first kappa shape index (κ1) is 18.1. The minimum absolute atomic E-state index is 0.233. The highest BCUT2D eigenvalue weighted by Gasteiger charge is 2.33. The molecule has 0 saturated carbocycles. The Hall–Kier alpha value is -3.26. The fourth-order valence-electron chi connectivity index (χ4n) is 2.59. The van der Waals surface area contributed by atoms with Crippen LogP contribution in [0.1, 0.15) is 5.56 Å². The number of rotatable bonds is 4. The van der Waals surface area contributed by atoms with Gasteiger partial charge in [-0.2, -0.15) is 13.2 Å². The van der Waals surface area contributed by atoms with Crippen LogP contribution in [0, 0.1) is 0 Å². The smallest absolute Gasteiger partial charge is 0.417 e. The molecule has 4 aromatic rings. The van der Waals surface area contributed by atoms with Gasteiger partial charge in [0, 0.05) is 18.1 Å². The van der Waals surface area contributed by atoms with Crippen LogP contribution in [-0.2, 0) is 6.18 Å². The molecular weight excluding hydrogens is 393 g/mol. The summed E-state index contributed by atoms with van der Waals surface area (Å²) in [6, 6.07) is 12.6. The van der Waals surface area contributed by atoms with Gasteiger partial charge in [-0.25, -0.2) is 4.98 Å². The van der Waals surface area contributed by atoms with E-state index >= 15 is 0 Å². The largest absolute Gasteiger partial charge is 0.457 e. The molecule has 0 aliphatic heterocycles. The van der Waals surface area contributed by atoms with E-state index in [1.807, 2.05) is 0 Å². The van der Waals surface area contributed by atoms with Crippen molar-refractivity contribution < 1.29 is 17.9 Å². The second-order valence-electron chi connectivity index (χ2n) is 5.87. The van der Waals surface area contributed by atoms with Gasteiger partial charge in [-0.05, 0) is 48.5 Å². The Balaban J connectivity index is 1.53. The van der Waals surface area contributed by atoms with E-state index in [9.17, 15) is 13.2 Å². The van der Waals surface area contributed by atoms with Crippen molar-refractivity contribution in [3.8, 4) is 11.5 Å². The Morgan fingerprint density at radius 3 is 2.32 bits per heavy atom. The van der Waals surface area contributed by atoms with Gasteiger partial charge in [0.15, 0.2) is 0 Å². The summed E-state index contributed by atoms with van der Waals surface area (Å²) in [6.07, 6.45) is -1.28. The molecule has 0 atom stereocenters. The van der Waals surface area contributed by atoms with Gasteiger partial charge in [0.1, 0.15) is 11.5 Å². The topological polar surface area (TPSA) is 62.8 Å². The fourth-order valence-corrected chi connectivity index (χ4v) is 2.86. The van der Waals surface area contributed by atoms with Crippen LogP contribution in [0.15, 0.2) is 60.9 Å². The minimum atomic E-state index is -4.53. The molecule has 0 saturated heterocycles. The Kier molecular flexibility index (Phi) is 4.56. The molecule has 2 N–H and O–H groups in total. The Labute approximate surface area is 162 Å². The molecule has 28 heavy (non-hydrogen) atoms. The highest BCUT2D eigenvalue weighted by Crippen LogP contribution is 2.37. The molecule has 142 valence electrons. The molecule has 0 radical (unpaired) electrons. The third-order valence-electron chi connectivity index (χ3n) is 3.88. The van der Waals surface area contributed by atoms with Gasteiger partial charge in [0.25, 0.3) is 0 Å². The zero-order chi connectivity index (χ0) is 19.7. The normalized spacial score (nSPS) is 11.6. The van der Waals surface area contributed by atoms with Crippen LogP contribution in [0.25, 0.3) is 11.0 Å². The van der Waals surface area contributed by atoms with Crippen LogP contribution in [-0.4, -0.2) is 15.0 Å². The standard InChI is InChI=1S/C19H12ClF3N4O/c20-15-10-17-16(9-14(15)19(21,22)23)26-18(27-17)25-11-1-3-12(4-2-11)28-13-5-7-24-8-6-13/h1-10H,(H2,25,26,27). The predicted molar refractivity (Wildman–Crippen MR) is 100 cm³/mol. The van der Waals surface area contributed by atoms with Crippen LogP contribution in [0.3, 0.4) is 0 Å². The molecule has 2 heterocycles. The summed E-state index contributed by atoms with van der Waals surface area (Å²) in [5, 5.41) is 2.61. The molecular formula is C19H12ClF3N4O. The molecule has 0 aliphatic carbocycles. The lowest BCUT2D eigenvalue weighted by Crippen LogP contribution is -2.05. The monoisotopic (exact) mass is 404 g/mol. The van der Waals surface area contributed by atoms with E-state index in [0.717, 1.165) is 6.07 Å². The Bertz CT molecular complexity index is 1110. The number of benzene rings is 2. The number of anilines is 2. The van der Waals surface area contributed by atoms with Crippen molar-refractivity contribution in [2.24, 2.45) is 0 Å². The van der Waals surface area contributed by atoms with Gasteiger partial charge in [0.05, 0.1) is 21.6 Å². The second-order valence-corrected chi connectivity index (χ2v) is 6.27. The van der Waals surface area contributed by atoms with E-state index in [1.165, 1.54) is 6.07 Å². The summed E-state index contributed by atoms with van der Waals surface area (Å²) in [6.45, 7) is 0. The zero-order valence-electron chi connectivity index (χ0n) is 14.1. The van der Waals surface area contributed by atoms with Crippen molar-refractivity contribution in [2.45, 2.75) is 6.18 Å². The molecule has 0 aliphatic rings. The van der Waals surface area contributed by atoms with Crippen LogP contribution in [0.5, 0.6) is 11.5 Å². The van der Waals surface area contributed by atoms with Gasteiger partial charge in [0.2, 0.25) is 5.95 Å². The summed E-state index contributed by atoms with van der Waals surface area (Å²) in [5.41, 5.74) is 0.341. The molecule has 0 bridgehead atoms. The van der Waals surface area contributed by atoms with Crippen molar-refractivity contribution in [3.63, 3.8) is 0 Å². The maximum atomic E-state index is 13.0. The summed E-state index contributed by atoms with van der Waals surface area (Å²) in [5.74, 6) is 1.58. The maximum absolute atomic E-state index is 13.0. The van der Waals surface area contributed by atoms with E-state index < -0.39 is 16.8 Å². The number of hydrogen-bond acceptors (Lipinski definition) is 4. The summed E-state index contributed by atoms with van der Waals surface area (Å²) < 4.78 is 44.6. The van der Waals surface area contributed by atoms with Crippen molar-refractivity contribution in [3.05, 3.63) is 71.5 Å². The predicted octanol–water partition coefficient (Wildman–Crippen LogP) is 6.17. The number of hydrogen-bond donors (Lipinski definition) is 2. The van der Waals surface area contributed by atoms with E-state index in [-0.39, 0.29) is 5.52 Å². The Morgan fingerprint density at radius 1 is 0.964 bits per heavy atom. The first-order valence-electron chi connectivity index (χ1n) is 8.10. The summed E-state index contributed by atoms with van der Waals surface area (Å²) >= 11 is 5.73. The molecule has 5 nitrogen and oxygen atoms in total. The van der Waals surface area contributed by atoms with Crippen molar-refractivity contribution in [1.82, 2.24) is 15.0 Å². The third-order valence-corrected chi connectivity index (χ3v) is 4.19. The van der Waals surface area contributed by atoms with Crippen LogP contribution >= 0.6 is 11.6 Å². The average Bonchev–Trinajstić information content (AvgIpc) is 3.04. The van der Waals surface area contributed by atoms with Gasteiger partial charge in [-0.1, -0.05) is 11.6 Å². The number of pyridine rings is 1. The molecule has 2 aromatic heterocycles. The number of aromatic nitrogens is 3.